The monoisotopic (exact) mass is 229 g/mol. The Labute approximate surface area is 99.7 Å². The standard InChI is InChI=1S/C13H11NOS/c15-14(12-9-5-2-6-10-12)13(16)11-7-3-1-4-8-11/h1-10,15H. The second kappa shape index (κ2) is 4.88. The van der Waals surface area contributed by atoms with Gasteiger partial charge in [0.1, 0.15) is 4.99 Å². The Hall–Kier alpha value is -1.71. The fraction of sp³-hybridized carbons (Fsp3) is 0. The second-order valence-corrected chi connectivity index (χ2v) is 3.71. The zero-order valence-electron chi connectivity index (χ0n) is 8.58. The lowest BCUT2D eigenvalue weighted by molar-refractivity contribution is 0.315. The Morgan fingerprint density at radius 2 is 1.38 bits per heavy atom. The second-order valence-electron chi connectivity index (χ2n) is 3.32. The molecule has 0 aliphatic carbocycles. The first-order chi connectivity index (χ1) is 7.79. The zero-order valence-corrected chi connectivity index (χ0v) is 9.39. The van der Waals surface area contributed by atoms with Crippen LogP contribution in [0.2, 0.25) is 0 Å². The van der Waals surface area contributed by atoms with Crippen molar-refractivity contribution in [3.05, 3.63) is 66.2 Å². The van der Waals surface area contributed by atoms with Crippen LogP contribution in [0.5, 0.6) is 0 Å². The summed E-state index contributed by atoms with van der Waals surface area (Å²) >= 11 is 5.20. The number of rotatable bonds is 2. The van der Waals surface area contributed by atoms with Gasteiger partial charge < -0.3 is 0 Å². The molecule has 16 heavy (non-hydrogen) atoms. The predicted octanol–water partition coefficient (Wildman–Crippen LogP) is 3.26. The normalized spacial score (nSPS) is 9.81. The van der Waals surface area contributed by atoms with Gasteiger partial charge in [-0.05, 0) is 12.1 Å². The van der Waals surface area contributed by atoms with Crippen molar-refractivity contribution < 1.29 is 5.21 Å². The summed E-state index contributed by atoms with van der Waals surface area (Å²) in [5.41, 5.74) is 1.49. The Bertz CT molecular complexity index is 470. The average molecular weight is 229 g/mol. The van der Waals surface area contributed by atoms with Crippen LogP contribution >= 0.6 is 12.2 Å². The third kappa shape index (κ3) is 2.27. The lowest BCUT2D eigenvalue weighted by Gasteiger charge is -2.17. The Morgan fingerprint density at radius 3 is 1.94 bits per heavy atom. The molecule has 0 unspecified atom stereocenters. The molecule has 0 bridgehead atoms. The molecule has 0 saturated heterocycles. The van der Waals surface area contributed by atoms with E-state index >= 15 is 0 Å². The third-order valence-corrected chi connectivity index (χ3v) is 2.62. The van der Waals surface area contributed by atoms with Crippen LogP contribution in [-0.4, -0.2) is 10.2 Å². The molecule has 0 aliphatic heterocycles. The van der Waals surface area contributed by atoms with Gasteiger partial charge in [0.2, 0.25) is 0 Å². The summed E-state index contributed by atoms with van der Waals surface area (Å²) in [6.07, 6.45) is 0. The summed E-state index contributed by atoms with van der Waals surface area (Å²) in [4.78, 5) is 0.395. The first kappa shape index (κ1) is 10.8. The van der Waals surface area contributed by atoms with Crippen molar-refractivity contribution in [2.75, 3.05) is 5.06 Å². The molecule has 1 N–H and O–H groups in total. The molecule has 0 spiro atoms. The summed E-state index contributed by atoms with van der Waals surface area (Å²) < 4.78 is 0. The van der Waals surface area contributed by atoms with Gasteiger partial charge in [-0.2, -0.15) is 0 Å². The number of para-hydroxylation sites is 1. The molecular formula is C13H11NOS. The van der Waals surface area contributed by atoms with Crippen LogP contribution in [0.15, 0.2) is 60.7 Å². The largest absolute Gasteiger partial charge is 0.283 e. The van der Waals surface area contributed by atoms with Crippen molar-refractivity contribution in [2.24, 2.45) is 0 Å². The van der Waals surface area contributed by atoms with Crippen LogP contribution in [0.1, 0.15) is 5.56 Å². The number of thiocarbonyl (C=S) groups is 1. The topological polar surface area (TPSA) is 23.5 Å². The van der Waals surface area contributed by atoms with E-state index in [1.807, 2.05) is 48.5 Å². The van der Waals surface area contributed by atoms with Gasteiger partial charge in [-0.1, -0.05) is 60.7 Å². The van der Waals surface area contributed by atoms with E-state index in [4.69, 9.17) is 12.2 Å². The number of hydrogen-bond acceptors (Lipinski definition) is 2. The first-order valence-electron chi connectivity index (χ1n) is 4.92. The maximum atomic E-state index is 9.93. The Kier molecular flexibility index (Phi) is 3.29. The summed E-state index contributed by atoms with van der Waals surface area (Å²) in [5, 5.41) is 11.0. The van der Waals surface area contributed by atoms with E-state index in [9.17, 15) is 5.21 Å². The molecule has 2 aromatic rings. The van der Waals surface area contributed by atoms with E-state index < -0.39 is 0 Å². The van der Waals surface area contributed by atoms with Gasteiger partial charge >= 0.3 is 0 Å². The Morgan fingerprint density at radius 1 is 0.875 bits per heavy atom. The highest BCUT2D eigenvalue weighted by molar-refractivity contribution is 7.81. The molecule has 3 heteroatoms. The molecule has 0 amide bonds. The van der Waals surface area contributed by atoms with Crippen LogP contribution in [-0.2, 0) is 0 Å². The molecule has 0 fully saturated rings. The van der Waals surface area contributed by atoms with E-state index in [0.717, 1.165) is 10.6 Å². The van der Waals surface area contributed by atoms with Gasteiger partial charge in [-0.3, -0.25) is 5.21 Å². The van der Waals surface area contributed by atoms with E-state index in [2.05, 4.69) is 0 Å². The van der Waals surface area contributed by atoms with E-state index in [1.165, 1.54) is 0 Å². The van der Waals surface area contributed by atoms with Gasteiger partial charge in [0, 0.05) is 5.56 Å². The minimum Gasteiger partial charge on any atom is -0.283 e. The highest BCUT2D eigenvalue weighted by Gasteiger charge is 2.10. The lowest BCUT2D eigenvalue weighted by atomic mass is 10.2. The van der Waals surface area contributed by atoms with Gasteiger partial charge in [0.25, 0.3) is 0 Å². The van der Waals surface area contributed by atoms with E-state index in [-0.39, 0.29) is 0 Å². The molecule has 0 radical (unpaired) electrons. The predicted molar refractivity (Wildman–Crippen MR) is 68.8 cm³/mol. The average Bonchev–Trinajstić information content (AvgIpc) is 2.39. The van der Waals surface area contributed by atoms with Crippen LogP contribution in [0.4, 0.5) is 5.69 Å². The van der Waals surface area contributed by atoms with Gasteiger partial charge in [0.15, 0.2) is 0 Å². The highest BCUT2D eigenvalue weighted by Crippen LogP contribution is 2.15. The third-order valence-electron chi connectivity index (χ3n) is 2.21. The number of benzene rings is 2. The molecule has 2 rings (SSSR count). The fourth-order valence-corrected chi connectivity index (χ4v) is 1.63. The molecule has 0 saturated carbocycles. The number of nitrogens with zero attached hydrogens (tertiary/aromatic N) is 1. The van der Waals surface area contributed by atoms with Crippen molar-refractivity contribution in [1.82, 2.24) is 0 Å². The molecular weight excluding hydrogens is 218 g/mol. The first-order valence-corrected chi connectivity index (χ1v) is 5.33. The van der Waals surface area contributed by atoms with Crippen molar-refractivity contribution in [2.45, 2.75) is 0 Å². The van der Waals surface area contributed by atoms with Crippen LogP contribution in [0, 0.1) is 0 Å². The minimum atomic E-state index is 0.395. The molecule has 0 aliphatic rings. The molecule has 2 aromatic carbocycles. The lowest BCUT2D eigenvalue weighted by Crippen LogP contribution is -2.25. The minimum absolute atomic E-state index is 0.395. The van der Waals surface area contributed by atoms with Crippen molar-refractivity contribution in [3.63, 3.8) is 0 Å². The van der Waals surface area contributed by atoms with Gasteiger partial charge in [-0.25, -0.2) is 5.06 Å². The van der Waals surface area contributed by atoms with Gasteiger partial charge in [0.05, 0.1) is 5.69 Å². The van der Waals surface area contributed by atoms with Crippen molar-refractivity contribution >= 4 is 22.9 Å². The maximum absolute atomic E-state index is 9.93. The summed E-state index contributed by atoms with van der Waals surface area (Å²) in [6, 6.07) is 18.6. The molecule has 0 heterocycles. The van der Waals surface area contributed by atoms with Crippen LogP contribution in [0.3, 0.4) is 0 Å². The number of hydroxylamine groups is 1. The summed E-state index contributed by atoms with van der Waals surface area (Å²) in [7, 11) is 0. The quantitative estimate of drug-likeness (QED) is 0.631. The van der Waals surface area contributed by atoms with Gasteiger partial charge in [-0.15, -0.1) is 0 Å². The Balaban J connectivity index is 2.24. The van der Waals surface area contributed by atoms with Crippen LogP contribution < -0.4 is 5.06 Å². The van der Waals surface area contributed by atoms with E-state index in [0.29, 0.717) is 10.7 Å². The summed E-state index contributed by atoms with van der Waals surface area (Å²) in [5.74, 6) is 0. The maximum Gasteiger partial charge on any atom is 0.139 e. The highest BCUT2D eigenvalue weighted by atomic mass is 32.1. The number of anilines is 1. The van der Waals surface area contributed by atoms with Crippen LogP contribution in [0.25, 0.3) is 0 Å². The fourth-order valence-electron chi connectivity index (χ4n) is 1.39. The van der Waals surface area contributed by atoms with Crippen molar-refractivity contribution in [3.8, 4) is 0 Å². The molecule has 2 nitrogen and oxygen atoms in total. The van der Waals surface area contributed by atoms with E-state index in [1.54, 1.807) is 12.1 Å². The molecule has 80 valence electrons. The molecule has 0 aromatic heterocycles. The smallest absolute Gasteiger partial charge is 0.139 e. The summed E-state index contributed by atoms with van der Waals surface area (Å²) in [6.45, 7) is 0. The number of hydrogen-bond donors (Lipinski definition) is 1. The molecule has 0 atom stereocenters. The SMILES string of the molecule is ON(C(=S)c1ccccc1)c1ccccc1. The van der Waals surface area contributed by atoms with Crippen molar-refractivity contribution in [1.29, 1.82) is 0 Å². The zero-order chi connectivity index (χ0) is 11.4.